The number of allylic oxidation sites excluding steroid dienone is 6. The Kier molecular flexibility index (Phi) is 5.37. The van der Waals surface area contributed by atoms with Crippen LogP contribution in [0.5, 0.6) is 0 Å². The van der Waals surface area contributed by atoms with Crippen LogP contribution in [0, 0.1) is 34.5 Å². The topological polar surface area (TPSA) is 97.7 Å². The molecule has 0 saturated heterocycles. The Bertz CT molecular complexity index is 1210. The molecular formula is C29H30O6. The lowest BCUT2D eigenvalue weighted by Gasteiger charge is -2.55. The highest BCUT2D eigenvalue weighted by molar-refractivity contribution is 6.02. The third kappa shape index (κ3) is 3.12. The number of hydrogen-bond acceptors (Lipinski definition) is 6. The molecule has 0 unspecified atom stereocenters. The van der Waals surface area contributed by atoms with Crippen molar-refractivity contribution < 1.29 is 29.0 Å². The quantitative estimate of drug-likeness (QED) is 0.669. The third-order valence-electron chi connectivity index (χ3n) is 9.18. The number of ether oxygens (including phenoxy) is 1. The summed E-state index contributed by atoms with van der Waals surface area (Å²) in [4.78, 5) is 52.6. The van der Waals surface area contributed by atoms with E-state index in [0.717, 1.165) is 5.57 Å². The summed E-state index contributed by atoms with van der Waals surface area (Å²) in [6.07, 6.45) is 9.50. The second-order valence-corrected chi connectivity index (χ2v) is 10.9. The molecule has 4 aliphatic rings. The zero-order valence-electron chi connectivity index (χ0n) is 20.2. The zero-order valence-corrected chi connectivity index (χ0v) is 20.2. The van der Waals surface area contributed by atoms with Gasteiger partial charge in [0.2, 0.25) is 5.78 Å². The van der Waals surface area contributed by atoms with Gasteiger partial charge in [0, 0.05) is 29.1 Å². The average Bonchev–Trinajstić information content (AvgIpc) is 3.06. The first-order chi connectivity index (χ1) is 16.6. The second kappa shape index (κ2) is 7.95. The predicted molar refractivity (Wildman–Crippen MR) is 128 cm³/mol. The standard InChI is InChI=1S/C29H30O6/c1-17-13-22-21-10-9-19-14-20(31)11-12-27(19,2)25(21)23(32)15-28(22,3)29(17,24(33)16-30)35-26(34)18-7-5-4-6-8-18/h4-12,14,17,21-22,25,30H,13,15-16H2,1-3H3/t17-,21+,22+,25-,27+,28+,29-/m1/s1. The molecule has 0 radical (unpaired) electrons. The van der Waals surface area contributed by atoms with Gasteiger partial charge >= 0.3 is 5.97 Å². The maximum absolute atomic E-state index is 13.9. The number of benzene rings is 1. The fourth-order valence-corrected chi connectivity index (χ4v) is 7.59. The first-order valence-electron chi connectivity index (χ1n) is 12.2. The van der Waals surface area contributed by atoms with Gasteiger partial charge in [-0.15, -0.1) is 0 Å². The van der Waals surface area contributed by atoms with Gasteiger partial charge in [-0.1, -0.05) is 57.2 Å². The summed E-state index contributed by atoms with van der Waals surface area (Å²) in [5.41, 5.74) is -2.08. The van der Waals surface area contributed by atoms with Gasteiger partial charge in [0.25, 0.3) is 0 Å². The number of aliphatic hydroxyl groups excluding tert-OH is 1. The molecule has 0 aromatic heterocycles. The summed E-state index contributed by atoms with van der Waals surface area (Å²) in [5, 5.41) is 10.00. The predicted octanol–water partition coefficient (Wildman–Crippen LogP) is 3.65. The molecule has 0 bridgehead atoms. The van der Waals surface area contributed by atoms with E-state index in [-0.39, 0.29) is 35.7 Å². The molecule has 1 N–H and O–H groups in total. The maximum atomic E-state index is 13.9. The van der Waals surface area contributed by atoms with Crippen molar-refractivity contribution in [1.29, 1.82) is 0 Å². The molecule has 6 heteroatoms. The lowest BCUT2D eigenvalue weighted by molar-refractivity contribution is -0.171. The van der Waals surface area contributed by atoms with Crippen LogP contribution in [0.15, 0.2) is 66.3 Å². The van der Waals surface area contributed by atoms with Gasteiger partial charge < -0.3 is 9.84 Å². The van der Waals surface area contributed by atoms with Crippen LogP contribution in [0.3, 0.4) is 0 Å². The Morgan fingerprint density at radius 3 is 2.51 bits per heavy atom. The molecule has 2 saturated carbocycles. The van der Waals surface area contributed by atoms with Crippen molar-refractivity contribution in [2.45, 2.75) is 39.2 Å². The van der Waals surface area contributed by atoms with Crippen LogP contribution in [-0.2, 0) is 19.1 Å². The smallest absolute Gasteiger partial charge is 0.339 e. The highest BCUT2D eigenvalue weighted by Crippen LogP contribution is 2.67. The van der Waals surface area contributed by atoms with E-state index in [4.69, 9.17) is 4.74 Å². The van der Waals surface area contributed by atoms with Crippen LogP contribution in [-0.4, -0.2) is 40.6 Å². The van der Waals surface area contributed by atoms with Gasteiger partial charge in [-0.05, 0) is 48.1 Å². The minimum absolute atomic E-state index is 0.0227. The molecular weight excluding hydrogens is 444 g/mol. The largest absolute Gasteiger partial charge is 0.446 e. The van der Waals surface area contributed by atoms with Crippen LogP contribution >= 0.6 is 0 Å². The molecule has 0 spiro atoms. The van der Waals surface area contributed by atoms with E-state index in [1.165, 1.54) is 6.08 Å². The summed E-state index contributed by atoms with van der Waals surface area (Å²) >= 11 is 0. The van der Waals surface area contributed by atoms with E-state index < -0.39 is 40.7 Å². The molecule has 35 heavy (non-hydrogen) atoms. The summed E-state index contributed by atoms with van der Waals surface area (Å²) in [6, 6.07) is 8.46. The van der Waals surface area contributed by atoms with Gasteiger partial charge in [0.05, 0.1) is 5.56 Å². The monoisotopic (exact) mass is 474 g/mol. The number of esters is 1. The van der Waals surface area contributed by atoms with Crippen LogP contribution in [0.25, 0.3) is 0 Å². The Balaban J connectivity index is 1.61. The number of rotatable bonds is 4. The number of ketones is 3. The average molecular weight is 475 g/mol. The number of fused-ring (bicyclic) bond motifs is 5. The molecule has 6 nitrogen and oxygen atoms in total. The molecule has 1 aromatic rings. The first-order valence-corrected chi connectivity index (χ1v) is 12.2. The van der Waals surface area contributed by atoms with Gasteiger partial charge in [-0.3, -0.25) is 14.4 Å². The van der Waals surface area contributed by atoms with E-state index in [1.807, 2.05) is 39.0 Å². The van der Waals surface area contributed by atoms with Crippen molar-refractivity contribution in [3.8, 4) is 0 Å². The van der Waals surface area contributed by atoms with Crippen molar-refractivity contribution >= 4 is 23.3 Å². The highest BCUT2D eigenvalue weighted by atomic mass is 16.6. The molecule has 0 amide bonds. The Morgan fingerprint density at radius 1 is 1.11 bits per heavy atom. The number of Topliss-reactive ketones (excluding diaryl/α,β-unsaturated/α-hetero) is 2. The van der Waals surface area contributed by atoms with E-state index in [9.17, 15) is 24.3 Å². The normalized spacial score (nSPS) is 39.4. The molecule has 1 aromatic carbocycles. The number of aliphatic hydroxyl groups is 1. The summed E-state index contributed by atoms with van der Waals surface area (Å²) in [7, 11) is 0. The van der Waals surface area contributed by atoms with Crippen molar-refractivity contribution in [3.05, 3.63) is 71.8 Å². The molecule has 2 fully saturated rings. The lowest BCUT2D eigenvalue weighted by atomic mass is 9.48. The van der Waals surface area contributed by atoms with Crippen molar-refractivity contribution in [1.82, 2.24) is 0 Å². The highest BCUT2D eigenvalue weighted by Gasteiger charge is 2.72. The van der Waals surface area contributed by atoms with Gasteiger partial charge in [0.1, 0.15) is 12.4 Å². The van der Waals surface area contributed by atoms with Crippen molar-refractivity contribution in [2.75, 3.05) is 6.61 Å². The van der Waals surface area contributed by atoms with E-state index >= 15 is 0 Å². The molecule has 4 aliphatic carbocycles. The van der Waals surface area contributed by atoms with Crippen molar-refractivity contribution in [3.63, 3.8) is 0 Å². The number of carbonyl (C=O) groups excluding carboxylic acids is 4. The third-order valence-corrected chi connectivity index (χ3v) is 9.18. The fraction of sp³-hybridized carbons (Fsp3) is 0.448. The molecule has 0 aliphatic heterocycles. The maximum Gasteiger partial charge on any atom is 0.339 e. The van der Waals surface area contributed by atoms with Gasteiger partial charge in [-0.25, -0.2) is 4.79 Å². The van der Waals surface area contributed by atoms with Crippen LogP contribution in [0.2, 0.25) is 0 Å². The Hall–Kier alpha value is -3.12. The number of hydrogen-bond donors (Lipinski definition) is 1. The summed E-state index contributed by atoms with van der Waals surface area (Å²) < 4.78 is 6.10. The van der Waals surface area contributed by atoms with Crippen molar-refractivity contribution in [2.24, 2.45) is 34.5 Å². The summed E-state index contributed by atoms with van der Waals surface area (Å²) in [6.45, 7) is 4.95. The van der Waals surface area contributed by atoms with Gasteiger partial charge in [0.15, 0.2) is 11.4 Å². The minimum Gasteiger partial charge on any atom is -0.446 e. The van der Waals surface area contributed by atoms with Gasteiger partial charge in [-0.2, -0.15) is 0 Å². The van der Waals surface area contributed by atoms with E-state index in [2.05, 4.69) is 0 Å². The Morgan fingerprint density at radius 2 is 1.83 bits per heavy atom. The zero-order chi connectivity index (χ0) is 25.2. The van der Waals surface area contributed by atoms with Crippen LogP contribution < -0.4 is 0 Å². The van der Waals surface area contributed by atoms with E-state index in [0.29, 0.717) is 12.0 Å². The molecule has 0 heterocycles. The molecule has 182 valence electrons. The molecule has 5 rings (SSSR count). The lowest BCUT2D eigenvalue weighted by Crippen LogP contribution is -2.63. The fourth-order valence-electron chi connectivity index (χ4n) is 7.59. The Labute approximate surface area is 204 Å². The second-order valence-electron chi connectivity index (χ2n) is 10.9. The first kappa shape index (κ1) is 23.6. The minimum atomic E-state index is -1.62. The summed E-state index contributed by atoms with van der Waals surface area (Å²) in [5.74, 6) is -2.40. The van der Waals surface area contributed by atoms with Crippen LogP contribution in [0.1, 0.15) is 44.0 Å². The van der Waals surface area contributed by atoms with Crippen LogP contribution in [0.4, 0.5) is 0 Å². The molecule has 7 atom stereocenters. The van der Waals surface area contributed by atoms with E-state index in [1.54, 1.807) is 36.4 Å². The SMILES string of the molecule is C[C@@H]1C[C@H]2[C@@H]3C=CC4=CC(=O)C=C[C@]4(C)[C@H]3C(=O)C[C@]2(C)[C@]1(OC(=O)c1ccccc1)C(=O)CO. The number of carbonyl (C=O) groups is 4.